The average Bonchev–Trinajstić information content (AvgIpc) is 2.05. The van der Waals surface area contributed by atoms with Gasteiger partial charge >= 0.3 is 0 Å². The van der Waals surface area contributed by atoms with E-state index in [0.29, 0.717) is 18.3 Å². The first-order valence-corrected chi connectivity index (χ1v) is 3.69. The van der Waals surface area contributed by atoms with Gasteiger partial charge < -0.3 is 10.2 Å². The van der Waals surface area contributed by atoms with E-state index in [1.54, 1.807) is 0 Å². The number of hydrogen-bond donors (Lipinski definition) is 2. The van der Waals surface area contributed by atoms with Crippen molar-refractivity contribution in [3.8, 4) is 11.5 Å². The molecule has 2 N–H and O–H groups in total. The summed E-state index contributed by atoms with van der Waals surface area (Å²) in [5.74, 6) is -0.152. The van der Waals surface area contributed by atoms with Gasteiger partial charge in [-0.1, -0.05) is 6.92 Å². The number of phenols is 2. The van der Waals surface area contributed by atoms with Crippen molar-refractivity contribution >= 4 is 6.29 Å². The predicted molar refractivity (Wildman–Crippen MR) is 44.5 cm³/mol. The minimum atomic E-state index is -0.181. The van der Waals surface area contributed by atoms with Crippen LogP contribution < -0.4 is 0 Å². The molecule has 1 aromatic carbocycles. The topological polar surface area (TPSA) is 57.5 Å². The van der Waals surface area contributed by atoms with E-state index in [1.165, 1.54) is 12.1 Å². The lowest BCUT2D eigenvalue weighted by atomic mass is 10.1. The Morgan fingerprint density at radius 2 is 2.00 bits per heavy atom. The van der Waals surface area contributed by atoms with Crippen molar-refractivity contribution in [1.29, 1.82) is 0 Å². The van der Waals surface area contributed by atoms with Gasteiger partial charge in [0, 0.05) is 6.07 Å². The van der Waals surface area contributed by atoms with E-state index in [2.05, 4.69) is 0 Å². The summed E-state index contributed by atoms with van der Waals surface area (Å²) in [4.78, 5) is 10.4. The Hall–Kier alpha value is -1.51. The second kappa shape index (κ2) is 3.26. The molecule has 0 saturated carbocycles. The Balaban J connectivity index is 3.26. The zero-order valence-corrected chi connectivity index (χ0v) is 6.74. The highest BCUT2D eigenvalue weighted by Gasteiger charge is 2.05. The van der Waals surface area contributed by atoms with Gasteiger partial charge in [-0.25, -0.2) is 0 Å². The second-order valence-corrected chi connectivity index (χ2v) is 2.51. The monoisotopic (exact) mass is 166 g/mol. The van der Waals surface area contributed by atoms with E-state index in [9.17, 15) is 9.90 Å². The average molecular weight is 166 g/mol. The fraction of sp³-hybridized carbons (Fsp3) is 0.222. The molecule has 64 valence electrons. The first kappa shape index (κ1) is 8.59. The minimum Gasteiger partial charge on any atom is -0.508 e. The summed E-state index contributed by atoms with van der Waals surface area (Å²) in [5.41, 5.74) is 0.875. The van der Waals surface area contributed by atoms with Gasteiger partial charge in [0.25, 0.3) is 0 Å². The number of aldehydes is 1. The molecule has 0 bridgehead atoms. The highest BCUT2D eigenvalue weighted by atomic mass is 16.3. The number of hydrogen-bond acceptors (Lipinski definition) is 3. The smallest absolute Gasteiger partial charge is 0.153 e. The van der Waals surface area contributed by atoms with Crippen LogP contribution in [0.15, 0.2) is 12.1 Å². The first-order valence-electron chi connectivity index (χ1n) is 3.69. The van der Waals surface area contributed by atoms with Crippen LogP contribution in [-0.4, -0.2) is 16.5 Å². The molecular weight excluding hydrogens is 156 g/mol. The SMILES string of the molecule is CCc1cc(C=O)c(O)cc1O. The molecular formula is C9H10O3. The summed E-state index contributed by atoms with van der Waals surface area (Å²) < 4.78 is 0. The maximum atomic E-state index is 10.4. The summed E-state index contributed by atoms with van der Waals surface area (Å²) in [6.45, 7) is 1.86. The van der Waals surface area contributed by atoms with Gasteiger partial charge in [0.05, 0.1) is 5.56 Å². The van der Waals surface area contributed by atoms with Gasteiger partial charge in [0.1, 0.15) is 11.5 Å². The van der Waals surface area contributed by atoms with Crippen molar-refractivity contribution in [3.63, 3.8) is 0 Å². The van der Waals surface area contributed by atoms with Crippen LogP contribution in [0.3, 0.4) is 0 Å². The molecule has 3 nitrogen and oxygen atoms in total. The maximum Gasteiger partial charge on any atom is 0.153 e. The van der Waals surface area contributed by atoms with Gasteiger partial charge in [0.15, 0.2) is 6.29 Å². The van der Waals surface area contributed by atoms with Crippen LogP contribution in [0.2, 0.25) is 0 Å². The molecule has 0 aliphatic carbocycles. The van der Waals surface area contributed by atoms with Crippen LogP contribution in [-0.2, 0) is 6.42 Å². The molecule has 0 aliphatic rings. The third-order valence-corrected chi connectivity index (χ3v) is 1.74. The molecule has 0 aliphatic heterocycles. The molecule has 0 radical (unpaired) electrons. The summed E-state index contributed by atoms with van der Waals surface area (Å²) in [5, 5.41) is 18.4. The first-order chi connectivity index (χ1) is 5.69. The van der Waals surface area contributed by atoms with E-state index >= 15 is 0 Å². The molecule has 0 atom stereocenters. The van der Waals surface area contributed by atoms with Gasteiger partial charge in [-0.15, -0.1) is 0 Å². The Morgan fingerprint density at radius 1 is 1.33 bits per heavy atom. The number of aromatic hydroxyl groups is 2. The highest BCUT2D eigenvalue weighted by molar-refractivity contribution is 5.80. The zero-order valence-electron chi connectivity index (χ0n) is 6.74. The van der Waals surface area contributed by atoms with Crippen LogP contribution in [0.4, 0.5) is 0 Å². The van der Waals surface area contributed by atoms with Crippen LogP contribution in [0.1, 0.15) is 22.8 Å². The summed E-state index contributed by atoms with van der Waals surface area (Å²) in [6, 6.07) is 2.67. The lowest BCUT2D eigenvalue weighted by molar-refractivity contribution is 0.112. The van der Waals surface area contributed by atoms with Crippen molar-refractivity contribution in [3.05, 3.63) is 23.3 Å². The molecule has 0 heterocycles. The highest BCUT2D eigenvalue weighted by Crippen LogP contribution is 2.26. The predicted octanol–water partition coefficient (Wildman–Crippen LogP) is 1.47. The van der Waals surface area contributed by atoms with Crippen LogP contribution in [0, 0.1) is 0 Å². The van der Waals surface area contributed by atoms with E-state index in [-0.39, 0.29) is 17.1 Å². The lowest BCUT2D eigenvalue weighted by Gasteiger charge is -2.03. The molecule has 1 aromatic rings. The zero-order chi connectivity index (χ0) is 9.14. The van der Waals surface area contributed by atoms with E-state index in [4.69, 9.17) is 5.11 Å². The fourth-order valence-electron chi connectivity index (χ4n) is 1.02. The van der Waals surface area contributed by atoms with Gasteiger partial charge in [-0.3, -0.25) is 4.79 Å². The fourth-order valence-corrected chi connectivity index (χ4v) is 1.02. The Kier molecular flexibility index (Phi) is 2.33. The normalized spacial score (nSPS) is 9.75. The standard InChI is InChI=1S/C9H10O3/c1-2-6-3-7(5-10)9(12)4-8(6)11/h3-5,11-12H,2H2,1H3. The molecule has 0 aromatic heterocycles. The second-order valence-electron chi connectivity index (χ2n) is 2.51. The Bertz CT molecular complexity index is 305. The molecule has 0 fully saturated rings. The number of rotatable bonds is 2. The quantitative estimate of drug-likeness (QED) is 0.654. The van der Waals surface area contributed by atoms with Gasteiger partial charge in [0.2, 0.25) is 0 Å². The number of phenolic OH excluding ortho intramolecular Hbond substituents is 2. The number of carbonyl (C=O) groups excluding carboxylic acids is 1. The van der Waals surface area contributed by atoms with Crippen molar-refractivity contribution in [2.45, 2.75) is 13.3 Å². The molecule has 1 rings (SSSR count). The summed E-state index contributed by atoms with van der Waals surface area (Å²) in [6.07, 6.45) is 1.20. The molecule has 3 heteroatoms. The number of aryl methyl sites for hydroxylation is 1. The van der Waals surface area contributed by atoms with Crippen LogP contribution >= 0.6 is 0 Å². The van der Waals surface area contributed by atoms with Crippen LogP contribution in [0.25, 0.3) is 0 Å². The molecule has 0 amide bonds. The molecule has 12 heavy (non-hydrogen) atoms. The van der Waals surface area contributed by atoms with Crippen molar-refractivity contribution in [2.24, 2.45) is 0 Å². The minimum absolute atomic E-state index is 0.0283. The number of benzene rings is 1. The maximum absolute atomic E-state index is 10.4. The Labute approximate surface area is 70.3 Å². The largest absolute Gasteiger partial charge is 0.508 e. The lowest BCUT2D eigenvalue weighted by Crippen LogP contribution is -1.87. The van der Waals surface area contributed by atoms with Gasteiger partial charge in [-0.05, 0) is 18.1 Å². The van der Waals surface area contributed by atoms with Crippen LogP contribution in [0.5, 0.6) is 11.5 Å². The molecule has 0 spiro atoms. The van der Waals surface area contributed by atoms with E-state index in [0.717, 1.165) is 0 Å². The number of carbonyl (C=O) groups is 1. The van der Waals surface area contributed by atoms with Crippen molar-refractivity contribution < 1.29 is 15.0 Å². The third-order valence-electron chi connectivity index (χ3n) is 1.74. The third kappa shape index (κ3) is 1.39. The van der Waals surface area contributed by atoms with Gasteiger partial charge in [-0.2, -0.15) is 0 Å². The van der Waals surface area contributed by atoms with Crippen molar-refractivity contribution in [2.75, 3.05) is 0 Å². The summed E-state index contributed by atoms with van der Waals surface area (Å²) in [7, 11) is 0. The molecule has 0 saturated heterocycles. The summed E-state index contributed by atoms with van der Waals surface area (Å²) >= 11 is 0. The van der Waals surface area contributed by atoms with Crippen molar-refractivity contribution in [1.82, 2.24) is 0 Å². The molecule has 0 unspecified atom stereocenters. The van der Waals surface area contributed by atoms with E-state index < -0.39 is 0 Å². The Morgan fingerprint density at radius 3 is 2.50 bits per heavy atom. The van der Waals surface area contributed by atoms with E-state index in [1.807, 2.05) is 6.92 Å².